The number of nitrogens with one attached hydrogen (secondary N) is 1. The second-order valence-corrected chi connectivity index (χ2v) is 5.76. The molecule has 2 aromatic carbocycles. The van der Waals surface area contributed by atoms with Crippen LogP contribution in [0.5, 0.6) is 0 Å². The van der Waals surface area contributed by atoms with E-state index in [0.717, 1.165) is 23.2 Å². The molecule has 1 N–H and O–H groups in total. The molecule has 0 fully saturated rings. The quantitative estimate of drug-likeness (QED) is 0.742. The molecule has 0 saturated carbocycles. The van der Waals surface area contributed by atoms with Crippen LogP contribution in [0, 0.1) is 17.6 Å². The Hall–Kier alpha value is -2.16. The second kappa shape index (κ2) is 4.69. The topological polar surface area (TPSA) is 12.0 Å². The monoisotopic (exact) mass is 283 g/mol. The third-order valence-electron chi connectivity index (χ3n) is 4.55. The summed E-state index contributed by atoms with van der Waals surface area (Å²) in [6, 6.07) is 11.7. The summed E-state index contributed by atoms with van der Waals surface area (Å²) in [6.45, 7) is 0. The number of fused-ring (bicyclic) bond motifs is 3. The van der Waals surface area contributed by atoms with Crippen LogP contribution in [0.15, 0.2) is 54.6 Å². The predicted octanol–water partition coefficient (Wildman–Crippen LogP) is 4.79. The van der Waals surface area contributed by atoms with Crippen molar-refractivity contribution in [3.8, 4) is 0 Å². The Kier molecular flexibility index (Phi) is 2.81. The van der Waals surface area contributed by atoms with Gasteiger partial charge in [-0.15, -0.1) is 0 Å². The van der Waals surface area contributed by atoms with Gasteiger partial charge in [0.2, 0.25) is 0 Å². The van der Waals surface area contributed by atoms with Gasteiger partial charge < -0.3 is 5.32 Å². The maximum atomic E-state index is 13.5. The zero-order valence-electron chi connectivity index (χ0n) is 11.4. The van der Waals surface area contributed by atoms with Gasteiger partial charge in [0.15, 0.2) is 0 Å². The number of allylic oxidation sites excluding steroid dienone is 2. The maximum absolute atomic E-state index is 13.5. The van der Waals surface area contributed by atoms with E-state index in [1.165, 1.54) is 18.2 Å². The molecule has 0 unspecified atom stereocenters. The largest absolute Gasteiger partial charge is 0.378 e. The van der Waals surface area contributed by atoms with E-state index in [2.05, 4.69) is 17.5 Å². The Balaban J connectivity index is 1.78. The summed E-state index contributed by atoms with van der Waals surface area (Å²) >= 11 is 0. The molecule has 1 nitrogen and oxygen atoms in total. The highest BCUT2D eigenvalue weighted by atomic mass is 19.1. The molecule has 21 heavy (non-hydrogen) atoms. The van der Waals surface area contributed by atoms with Gasteiger partial charge in [-0.3, -0.25) is 0 Å². The third-order valence-corrected chi connectivity index (χ3v) is 4.55. The van der Waals surface area contributed by atoms with Crippen LogP contribution in [-0.2, 0) is 0 Å². The molecule has 2 aromatic rings. The summed E-state index contributed by atoms with van der Waals surface area (Å²) in [7, 11) is 0. The number of rotatable bonds is 1. The smallest absolute Gasteiger partial charge is 0.123 e. The van der Waals surface area contributed by atoms with Gasteiger partial charge >= 0.3 is 0 Å². The Morgan fingerprint density at radius 3 is 2.52 bits per heavy atom. The van der Waals surface area contributed by atoms with Gasteiger partial charge in [0.25, 0.3) is 0 Å². The van der Waals surface area contributed by atoms with Crippen molar-refractivity contribution in [2.24, 2.45) is 5.92 Å². The summed E-state index contributed by atoms with van der Waals surface area (Å²) in [4.78, 5) is 0. The van der Waals surface area contributed by atoms with E-state index >= 15 is 0 Å². The molecule has 1 aliphatic heterocycles. The highest BCUT2D eigenvalue weighted by molar-refractivity contribution is 5.59. The first-order chi connectivity index (χ1) is 10.2. The predicted molar refractivity (Wildman–Crippen MR) is 79.2 cm³/mol. The molecule has 0 saturated heterocycles. The lowest BCUT2D eigenvalue weighted by atomic mass is 9.77. The van der Waals surface area contributed by atoms with E-state index in [4.69, 9.17) is 0 Å². The first-order valence-electron chi connectivity index (χ1n) is 7.20. The van der Waals surface area contributed by atoms with Gasteiger partial charge in [0.05, 0.1) is 6.04 Å². The van der Waals surface area contributed by atoms with Crippen molar-refractivity contribution in [3.05, 3.63) is 77.4 Å². The van der Waals surface area contributed by atoms with Crippen molar-refractivity contribution in [3.63, 3.8) is 0 Å². The molecule has 106 valence electrons. The van der Waals surface area contributed by atoms with Crippen LogP contribution in [0.1, 0.15) is 29.5 Å². The molecular weight excluding hydrogens is 268 g/mol. The van der Waals surface area contributed by atoms with Crippen LogP contribution >= 0.6 is 0 Å². The molecular formula is C18H15F2N. The van der Waals surface area contributed by atoms with Crippen molar-refractivity contribution in [1.29, 1.82) is 0 Å². The molecule has 1 aliphatic carbocycles. The van der Waals surface area contributed by atoms with Crippen LogP contribution in [0.3, 0.4) is 0 Å². The molecule has 0 amide bonds. The lowest BCUT2D eigenvalue weighted by molar-refractivity contribution is 0.423. The van der Waals surface area contributed by atoms with Crippen LogP contribution in [0.4, 0.5) is 14.5 Å². The van der Waals surface area contributed by atoms with Crippen LogP contribution in [0.2, 0.25) is 0 Å². The minimum absolute atomic E-state index is 0.128. The van der Waals surface area contributed by atoms with E-state index in [9.17, 15) is 8.78 Å². The average Bonchev–Trinajstić information content (AvgIpc) is 2.97. The average molecular weight is 283 g/mol. The van der Waals surface area contributed by atoms with E-state index in [1.54, 1.807) is 12.1 Å². The summed E-state index contributed by atoms with van der Waals surface area (Å²) in [5, 5.41) is 3.50. The van der Waals surface area contributed by atoms with E-state index < -0.39 is 0 Å². The molecule has 0 aromatic heterocycles. The first-order valence-corrected chi connectivity index (χ1v) is 7.20. The van der Waals surface area contributed by atoms with Crippen LogP contribution in [0.25, 0.3) is 0 Å². The third kappa shape index (κ3) is 2.04. The van der Waals surface area contributed by atoms with Gasteiger partial charge in [-0.1, -0.05) is 24.3 Å². The Morgan fingerprint density at radius 1 is 0.952 bits per heavy atom. The molecule has 4 rings (SSSR count). The van der Waals surface area contributed by atoms with E-state index in [-0.39, 0.29) is 23.6 Å². The molecule has 1 heterocycles. The van der Waals surface area contributed by atoms with Gasteiger partial charge in [-0.05, 0) is 53.8 Å². The van der Waals surface area contributed by atoms with Crippen LogP contribution < -0.4 is 5.32 Å². The zero-order chi connectivity index (χ0) is 14.4. The Labute approximate surface area is 122 Å². The number of anilines is 1. The van der Waals surface area contributed by atoms with Gasteiger partial charge in [0, 0.05) is 11.6 Å². The molecule has 3 heteroatoms. The number of hydrogen-bond acceptors (Lipinski definition) is 1. The second-order valence-electron chi connectivity index (χ2n) is 5.76. The summed E-state index contributed by atoms with van der Waals surface area (Å²) in [5.74, 6) is 0.157. The lowest BCUT2D eigenvalue weighted by Crippen LogP contribution is -2.29. The zero-order valence-corrected chi connectivity index (χ0v) is 11.4. The fourth-order valence-corrected chi connectivity index (χ4v) is 3.57. The summed E-state index contributed by atoms with van der Waals surface area (Å²) in [6.07, 6.45) is 5.28. The highest BCUT2D eigenvalue weighted by Gasteiger charge is 2.37. The highest BCUT2D eigenvalue weighted by Crippen LogP contribution is 2.49. The molecule has 0 radical (unpaired) electrons. The fraction of sp³-hybridized carbons (Fsp3) is 0.222. The number of halogens is 2. The normalized spacial score (nSPS) is 26.1. The Morgan fingerprint density at radius 2 is 1.71 bits per heavy atom. The molecule has 2 aliphatic rings. The molecule has 0 spiro atoms. The van der Waals surface area contributed by atoms with Crippen molar-refractivity contribution >= 4 is 5.69 Å². The first kappa shape index (κ1) is 12.6. The number of hydrogen-bond donors (Lipinski definition) is 1. The minimum atomic E-state index is -0.224. The minimum Gasteiger partial charge on any atom is -0.378 e. The van der Waals surface area contributed by atoms with Gasteiger partial charge in [-0.25, -0.2) is 8.78 Å². The molecule has 0 bridgehead atoms. The fourth-order valence-electron chi connectivity index (χ4n) is 3.57. The SMILES string of the molecule is Fc1ccc([C@@H]2Nc3ccc(F)cc3[C@@H]3C=CC[C@@H]32)cc1. The van der Waals surface area contributed by atoms with Gasteiger partial charge in [0.1, 0.15) is 11.6 Å². The Bertz CT molecular complexity index is 706. The standard InChI is InChI=1S/C18H15F2N/c19-12-6-4-11(5-7-12)18-15-3-1-2-14(15)16-10-13(20)8-9-17(16)21-18/h1-2,4-10,14-15,18,21H,3H2/t14-,15+,18+/m1/s1. The van der Waals surface area contributed by atoms with Crippen molar-refractivity contribution in [2.75, 3.05) is 5.32 Å². The van der Waals surface area contributed by atoms with Crippen molar-refractivity contribution in [1.82, 2.24) is 0 Å². The molecule has 3 atom stereocenters. The summed E-state index contributed by atoms with van der Waals surface area (Å²) in [5.41, 5.74) is 3.07. The lowest BCUT2D eigenvalue weighted by Gasteiger charge is -2.37. The van der Waals surface area contributed by atoms with E-state index in [0.29, 0.717) is 5.92 Å². The maximum Gasteiger partial charge on any atom is 0.123 e. The van der Waals surface area contributed by atoms with E-state index in [1.807, 2.05) is 12.1 Å². The van der Waals surface area contributed by atoms with Gasteiger partial charge in [-0.2, -0.15) is 0 Å². The van der Waals surface area contributed by atoms with Crippen molar-refractivity contribution in [2.45, 2.75) is 18.4 Å². The summed E-state index contributed by atoms with van der Waals surface area (Å²) < 4.78 is 26.7. The van der Waals surface area contributed by atoms with Crippen molar-refractivity contribution < 1.29 is 8.78 Å². The number of benzene rings is 2. The van der Waals surface area contributed by atoms with Crippen LogP contribution in [-0.4, -0.2) is 0 Å².